The summed E-state index contributed by atoms with van der Waals surface area (Å²) in [5.41, 5.74) is 28.0. The number of furan rings is 2. The van der Waals surface area contributed by atoms with Crippen molar-refractivity contribution in [3.8, 4) is 11.8 Å². The Labute approximate surface area is 693 Å². The van der Waals surface area contributed by atoms with Gasteiger partial charge in [-0.2, -0.15) is 22.7 Å². The normalized spacial score (nSPS) is 13.2. The highest BCUT2D eigenvalue weighted by molar-refractivity contribution is 7.08. The van der Waals surface area contributed by atoms with Crippen molar-refractivity contribution >= 4 is 22.7 Å². The first-order valence-electron chi connectivity index (χ1n) is 43.0. The summed E-state index contributed by atoms with van der Waals surface area (Å²) in [5, 5.41) is 8.84. The molecule has 4 aromatic heterocycles. The summed E-state index contributed by atoms with van der Waals surface area (Å²) in [4.78, 5) is 0. The fourth-order valence-electron chi connectivity index (χ4n) is 12.3. The van der Waals surface area contributed by atoms with E-state index in [-0.39, 0.29) is 0 Å². The van der Waals surface area contributed by atoms with Crippen LogP contribution in [0.25, 0.3) is 0 Å². The topological polar surface area (TPSA) is 26.3 Å². The summed E-state index contributed by atoms with van der Waals surface area (Å²) in [7, 11) is 0. The van der Waals surface area contributed by atoms with Crippen LogP contribution in [0.4, 0.5) is 0 Å². The lowest BCUT2D eigenvalue weighted by molar-refractivity contribution is 0.563. The zero-order valence-electron chi connectivity index (χ0n) is 74.5. The summed E-state index contributed by atoms with van der Waals surface area (Å²) in [5.74, 6) is 6.10. The van der Waals surface area contributed by atoms with Crippen LogP contribution in [-0.2, 0) is 25.7 Å². The van der Waals surface area contributed by atoms with E-state index in [4.69, 9.17) is 8.83 Å². The lowest BCUT2D eigenvalue weighted by atomic mass is 10.0. The Hall–Kier alpha value is -6.90. The molecule has 0 spiro atoms. The number of hydrogen-bond acceptors (Lipinski definition) is 4. The molecule has 4 heterocycles. The summed E-state index contributed by atoms with van der Waals surface area (Å²) in [6.45, 7) is 42.1. The lowest BCUT2D eigenvalue weighted by Gasteiger charge is -2.03. The van der Waals surface area contributed by atoms with E-state index in [1.54, 1.807) is 35.2 Å². The Morgan fingerprint density at radius 1 is 0.261 bits per heavy atom. The van der Waals surface area contributed by atoms with E-state index in [1.165, 1.54) is 254 Å². The van der Waals surface area contributed by atoms with Gasteiger partial charge in [0.15, 0.2) is 0 Å². The highest BCUT2D eigenvalue weighted by Crippen LogP contribution is 2.21. The Balaban J connectivity index is 0.000000743. The van der Waals surface area contributed by atoms with Crippen molar-refractivity contribution < 1.29 is 8.83 Å². The van der Waals surface area contributed by atoms with E-state index in [0.29, 0.717) is 0 Å². The van der Waals surface area contributed by atoms with Crippen molar-refractivity contribution in [3.05, 3.63) is 292 Å². The van der Waals surface area contributed by atoms with Gasteiger partial charge in [0.2, 0.25) is 0 Å². The van der Waals surface area contributed by atoms with E-state index in [9.17, 15) is 0 Å². The zero-order valence-corrected chi connectivity index (χ0v) is 76.1. The van der Waals surface area contributed by atoms with Crippen molar-refractivity contribution in [1.29, 1.82) is 0 Å². The van der Waals surface area contributed by atoms with Gasteiger partial charge < -0.3 is 8.83 Å². The van der Waals surface area contributed by atoms with Gasteiger partial charge in [-0.05, 0) is 424 Å². The van der Waals surface area contributed by atoms with Crippen molar-refractivity contribution in [2.45, 2.75) is 363 Å². The number of unbranched alkanes of at least 4 members (excludes halogenated alkanes) is 2. The average molecular weight is 1540 g/mol. The molecule has 0 N–H and O–H groups in total. The van der Waals surface area contributed by atoms with Gasteiger partial charge in [-0.3, -0.25) is 0 Å². The maximum atomic E-state index is 5.12. The first-order valence-corrected chi connectivity index (χ1v) is 44.9. The second-order valence-corrected chi connectivity index (χ2v) is 33.6. The van der Waals surface area contributed by atoms with Gasteiger partial charge in [0, 0.05) is 6.42 Å². The van der Waals surface area contributed by atoms with Crippen molar-refractivity contribution in [1.82, 2.24) is 0 Å². The molecule has 0 atom stereocenters. The van der Waals surface area contributed by atoms with Crippen LogP contribution in [0.5, 0.6) is 0 Å². The number of aryl methyl sites for hydroxylation is 4. The molecule has 612 valence electrons. The van der Waals surface area contributed by atoms with E-state index in [0.717, 1.165) is 83.5 Å². The van der Waals surface area contributed by atoms with Crippen LogP contribution in [0.3, 0.4) is 0 Å². The zero-order chi connectivity index (χ0) is 81.6. The predicted molar refractivity (Wildman–Crippen MR) is 504 cm³/mol. The molecule has 0 amide bonds. The summed E-state index contributed by atoms with van der Waals surface area (Å²) < 4.78 is 10.2. The van der Waals surface area contributed by atoms with Crippen LogP contribution >= 0.6 is 22.7 Å². The standard InChI is InChI=1S/C30H46S.C29H42O.C24H36O.C24H36S/c1-25(2)12-7-13-26(3)14-8-15-27(4)16-9-17-28(5)18-10-19-29(6)20-11-21-30-22-23-31-24-30;1-6-7-8-13-25(2)14-9-15-26(3)16-10-17-27(4)18-11-19-28(5)20-12-21-29-22-23-30-24-29;2*1-21(2)12-10-14-23(4)16-11-15-22(3)13-8-6-5-7-9-17-24-18-19-25-20-24/h12,14,16,18,20,22-24H,7-11,13,15,17,19,21H2,1-6H3;14,16,18,20,22-24H,8-13,15,17,19,21H2,1-5H3;2*5,7,12-13,16,18-20H,6,8-11,14-15,17H2,1-4H3/b26-14+,27-16+,28-18+,29-20+;25-14+,26-16+,27-18+,28-20+;2*7-5+,22-13+,23-16+. The third kappa shape index (κ3) is 68.4. The van der Waals surface area contributed by atoms with Gasteiger partial charge in [-0.15, -0.1) is 11.8 Å². The molecule has 4 heteroatoms. The molecule has 0 fully saturated rings. The SMILES string of the molecule is CC#CCC/C(C)=C/CC/C(C)=C/CC/C(C)=C/CC/C(C)=C/CCc1ccoc1.CC(C)=CCC/C(C)=C/CC/C(C)=C/CC/C(C)=C/CC/C(C)=C/CCc1ccsc1.CC(C)=CCC/C(C)=C/CC/C(C)=C/CC/C=C/CCc1ccoc1.CC(C)=CCC/C(C)=C/CC/C(C)=C/CC/C=C/CCc1ccsc1. The van der Waals surface area contributed by atoms with Crippen LogP contribution in [-0.4, -0.2) is 0 Å². The third-order valence-electron chi connectivity index (χ3n) is 19.7. The minimum Gasteiger partial charge on any atom is -0.472 e. The molecule has 0 radical (unpaired) electrons. The highest BCUT2D eigenvalue weighted by Gasteiger charge is 2.02. The second-order valence-electron chi connectivity index (χ2n) is 32.1. The number of hydrogen-bond donors (Lipinski definition) is 0. The van der Waals surface area contributed by atoms with Gasteiger partial charge in [-0.1, -0.05) is 199 Å². The summed E-state index contributed by atoms with van der Waals surface area (Å²) >= 11 is 3.58. The Bertz CT molecular complexity index is 3480. The third-order valence-corrected chi connectivity index (χ3v) is 21.2. The van der Waals surface area contributed by atoms with E-state index < -0.39 is 0 Å². The van der Waals surface area contributed by atoms with Crippen molar-refractivity contribution in [2.24, 2.45) is 0 Å². The highest BCUT2D eigenvalue weighted by atomic mass is 32.1. The van der Waals surface area contributed by atoms with Crippen LogP contribution in [0.2, 0.25) is 0 Å². The molecule has 0 aromatic carbocycles. The maximum Gasteiger partial charge on any atom is 0.0934 e. The fraction of sp³-hybridized carbons (Fsp3) is 0.514. The molecule has 0 aliphatic heterocycles. The Kier molecular flexibility index (Phi) is 65.2. The second kappa shape index (κ2) is 70.9. The molecule has 0 bridgehead atoms. The van der Waals surface area contributed by atoms with Crippen LogP contribution < -0.4 is 0 Å². The molecule has 0 saturated carbocycles. The Morgan fingerprint density at radius 2 is 0.495 bits per heavy atom. The van der Waals surface area contributed by atoms with Crippen LogP contribution in [0.15, 0.2) is 279 Å². The molecule has 2 nitrogen and oxygen atoms in total. The van der Waals surface area contributed by atoms with Gasteiger partial charge in [0.25, 0.3) is 0 Å². The molecular formula is C107H160O2S2. The predicted octanol–water partition coefficient (Wildman–Crippen LogP) is 36.1. The number of allylic oxidation sites excluding steroid dienone is 34. The molecule has 111 heavy (non-hydrogen) atoms. The monoisotopic (exact) mass is 1540 g/mol. The molecule has 0 unspecified atom stereocenters. The minimum absolute atomic E-state index is 0.986. The van der Waals surface area contributed by atoms with Crippen molar-refractivity contribution in [3.63, 3.8) is 0 Å². The summed E-state index contributed by atoms with van der Waals surface area (Å²) in [6, 6.07) is 8.55. The maximum absolute atomic E-state index is 5.12. The van der Waals surface area contributed by atoms with Gasteiger partial charge >= 0.3 is 0 Å². The van der Waals surface area contributed by atoms with E-state index in [2.05, 4.69) is 286 Å². The molecule has 0 aliphatic rings. The first kappa shape index (κ1) is 102. The van der Waals surface area contributed by atoms with Gasteiger partial charge in [-0.25, -0.2) is 0 Å². The molecule has 0 aliphatic carbocycles. The van der Waals surface area contributed by atoms with Crippen molar-refractivity contribution in [2.75, 3.05) is 0 Å². The smallest absolute Gasteiger partial charge is 0.0934 e. The number of rotatable bonds is 53. The quantitative estimate of drug-likeness (QED) is 0.0250. The van der Waals surface area contributed by atoms with E-state index >= 15 is 0 Å². The minimum atomic E-state index is 0.986. The average Bonchev–Trinajstić information content (AvgIpc) is 1.88. The van der Waals surface area contributed by atoms with Crippen LogP contribution in [0.1, 0.15) is 359 Å². The molecular weight excluding hydrogens is 1380 g/mol. The summed E-state index contributed by atoms with van der Waals surface area (Å²) in [6.07, 6.45) is 94.0. The molecule has 4 rings (SSSR count). The van der Waals surface area contributed by atoms with Crippen LogP contribution in [0, 0.1) is 11.8 Å². The largest absolute Gasteiger partial charge is 0.472 e. The van der Waals surface area contributed by atoms with Gasteiger partial charge in [0.05, 0.1) is 25.1 Å². The van der Waals surface area contributed by atoms with E-state index in [1.807, 2.05) is 31.6 Å². The first-order chi connectivity index (χ1) is 53.5. The fourth-order valence-corrected chi connectivity index (χ4v) is 13.7. The van der Waals surface area contributed by atoms with Gasteiger partial charge in [0.1, 0.15) is 0 Å². The number of thiophene rings is 2. The molecule has 4 aromatic rings. The Morgan fingerprint density at radius 3 is 0.748 bits per heavy atom. The lowest BCUT2D eigenvalue weighted by Crippen LogP contribution is -1.84. The molecule has 0 saturated heterocycles.